The van der Waals surface area contributed by atoms with E-state index in [4.69, 9.17) is 16.6 Å². The van der Waals surface area contributed by atoms with Gasteiger partial charge >= 0.3 is 0 Å². The highest BCUT2D eigenvalue weighted by molar-refractivity contribution is 7.80. The summed E-state index contributed by atoms with van der Waals surface area (Å²) in [7, 11) is 0. The summed E-state index contributed by atoms with van der Waals surface area (Å²) in [6.45, 7) is 2.49. The van der Waals surface area contributed by atoms with E-state index in [-0.39, 0.29) is 16.8 Å². The molecule has 1 aromatic heterocycles. The standard InChI is InChI=1S/C25H21N3O3S/c1-2-28(21-10-5-8-17-7-3-4-9-20(17)21)24(30)18-12-14-19(15-13-18)26-25(32)27-23(29)22-11-6-16-31-22/h3-16H,2H2,1H3,(H2,26,27,29,32). The van der Waals surface area contributed by atoms with Crippen LogP contribution in [0.3, 0.4) is 0 Å². The Labute approximate surface area is 190 Å². The average molecular weight is 444 g/mol. The number of amides is 2. The Kier molecular flexibility index (Phi) is 6.28. The van der Waals surface area contributed by atoms with Crippen LogP contribution in [0.25, 0.3) is 10.8 Å². The maximum atomic E-state index is 13.2. The summed E-state index contributed by atoms with van der Waals surface area (Å²) >= 11 is 5.18. The first-order chi connectivity index (χ1) is 15.6. The van der Waals surface area contributed by atoms with Crippen molar-refractivity contribution in [2.24, 2.45) is 0 Å². The van der Waals surface area contributed by atoms with Gasteiger partial charge in [-0.25, -0.2) is 0 Å². The first-order valence-corrected chi connectivity index (χ1v) is 10.5. The molecule has 0 aliphatic carbocycles. The van der Waals surface area contributed by atoms with Gasteiger partial charge in [0.05, 0.1) is 12.0 Å². The predicted octanol–water partition coefficient (Wildman–Crippen LogP) is 5.23. The van der Waals surface area contributed by atoms with E-state index in [0.29, 0.717) is 17.8 Å². The minimum absolute atomic E-state index is 0.0934. The van der Waals surface area contributed by atoms with Crippen molar-refractivity contribution in [2.75, 3.05) is 16.8 Å². The average Bonchev–Trinajstić information content (AvgIpc) is 3.35. The third-order valence-electron chi connectivity index (χ3n) is 4.98. The van der Waals surface area contributed by atoms with Crippen LogP contribution < -0.4 is 15.5 Å². The molecule has 0 atom stereocenters. The number of anilines is 2. The van der Waals surface area contributed by atoms with E-state index in [2.05, 4.69) is 10.6 Å². The van der Waals surface area contributed by atoms with Crippen molar-refractivity contribution >= 4 is 51.3 Å². The zero-order valence-electron chi connectivity index (χ0n) is 17.4. The van der Waals surface area contributed by atoms with Gasteiger partial charge in [0.15, 0.2) is 10.9 Å². The Balaban J connectivity index is 1.47. The molecule has 6 nitrogen and oxygen atoms in total. The first kappa shape index (κ1) is 21.3. The molecular formula is C25H21N3O3S. The second kappa shape index (κ2) is 9.45. The number of carbonyl (C=O) groups is 2. The van der Waals surface area contributed by atoms with Gasteiger partial charge in [0.25, 0.3) is 11.8 Å². The molecule has 3 aromatic carbocycles. The number of fused-ring (bicyclic) bond motifs is 1. The van der Waals surface area contributed by atoms with Crippen molar-refractivity contribution in [3.05, 3.63) is 96.4 Å². The number of nitrogens with one attached hydrogen (secondary N) is 2. The molecule has 32 heavy (non-hydrogen) atoms. The molecule has 0 bridgehead atoms. The molecular weight excluding hydrogens is 422 g/mol. The maximum absolute atomic E-state index is 13.2. The van der Waals surface area contributed by atoms with Gasteiger partial charge in [0.1, 0.15) is 0 Å². The van der Waals surface area contributed by atoms with Crippen LogP contribution in [-0.4, -0.2) is 23.5 Å². The number of rotatable bonds is 5. The number of carbonyl (C=O) groups excluding carboxylic acids is 2. The summed E-state index contributed by atoms with van der Waals surface area (Å²) < 4.78 is 5.04. The number of nitrogens with zero attached hydrogens (tertiary/aromatic N) is 1. The molecule has 1 heterocycles. The van der Waals surface area contributed by atoms with Gasteiger partial charge < -0.3 is 14.6 Å². The van der Waals surface area contributed by atoms with Crippen molar-refractivity contribution in [3.63, 3.8) is 0 Å². The molecule has 4 rings (SSSR count). The maximum Gasteiger partial charge on any atom is 0.293 e. The van der Waals surface area contributed by atoms with Crippen molar-refractivity contribution in [2.45, 2.75) is 6.92 Å². The molecule has 4 aromatic rings. The van der Waals surface area contributed by atoms with E-state index in [1.165, 1.54) is 6.26 Å². The Bertz CT molecular complexity index is 1260. The van der Waals surface area contributed by atoms with E-state index in [9.17, 15) is 9.59 Å². The van der Waals surface area contributed by atoms with E-state index in [1.54, 1.807) is 41.3 Å². The van der Waals surface area contributed by atoms with E-state index in [1.807, 2.05) is 49.4 Å². The highest BCUT2D eigenvalue weighted by Crippen LogP contribution is 2.28. The van der Waals surface area contributed by atoms with Gasteiger partial charge in [-0.15, -0.1) is 0 Å². The van der Waals surface area contributed by atoms with Crippen LogP contribution in [0, 0.1) is 0 Å². The Hall–Kier alpha value is -3.97. The summed E-state index contributed by atoms with van der Waals surface area (Å²) in [6.07, 6.45) is 1.42. The summed E-state index contributed by atoms with van der Waals surface area (Å²) in [5.41, 5.74) is 2.08. The number of hydrogen-bond donors (Lipinski definition) is 2. The second-order valence-electron chi connectivity index (χ2n) is 7.01. The minimum atomic E-state index is -0.437. The van der Waals surface area contributed by atoms with Crippen LogP contribution in [0.2, 0.25) is 0 Å². The van der Waals surface area contributed by atoms with Crippen LogP contribution in [0.4, 0.5) is 11.4 Å². The smallest absolute Gasteiger partial charge is 0.293 e. The van der Waals surface area contributed by atoms with Gasteiger partial charge in [-0.3, -0.25) is 14.9 Å². The number of furan rings is 1. The number of hydrogen-bond acceptors (Lipinski definition) is 4. The molecule has 7 heteroatoms. The van der Waals surface area contributed by atoms with E-state index >= 15 is 0 Å². The molecule has 2 N–H and O–H groups in total. The quantitative estimate of drug-likeness (QED) is 0.413. The Morgan fingerprint density at radius 1 is 0.938 bits per heavy atom. The molecule has 0 spiro atoms. The summed E-state index contributed by atoms with van der Waals surface area (Å²) in [6, 6.07) is 24.1. The van der Waals surface area contributed by atoms with Crippen LogP contribution in [0.5, 0.6) is 0 Å². The first-order valence-electron chi connectivity index (χ1n) is 10.1. The fraction of sp³-hybridized carbons (Fsp3) is 0.0800. The lowest BCUT2D eigenvalue weighted by atomic mass is 10.1. The van der Waals surface area contributed by atoms with Crippen molar-refractivity contribution in [1.82, 2.24) is 5.32 Å². The molecule has 0 aliphatic heterocycles. The lowest BCUT2D eigenvalue weighted by Crippen LogP contribution is -2.34. The molecule has 0 saturated carbocycles. The second-order valence-corrected chi connectivity index (χ2v) is 7.42. The minimum Gasteiger partial charge on any atom is -0.459 e. The van der Waals surface area contributed by atoms with E-state index < -0.39 is 5.91 Å². The molecule has 0 saturated heterocycles. The fourth-order valence-corrected chi connectivity index (χ4v) is 3.66. The van der Waals surface area contributed by atoms with Gasteiger partial charge in [-0.1, -0.05) is 36.4 Å². The predicted molar refractivity (Wildman–Crippen MR) is 130 cm³/mol. The number of benzene rings is 3. The normalized spacial score (nSPS) is 10.5. The van der Waals surface area contributed by atoms with Crippen LogP contribution in [0.15, 0.2) is 89.5 Å². The summed E-state index contributed by atoms with van der Waals surface area (Å²) in [5, 5.41) is 7.73. The molecule has 0 radical (unpaired) electrons. The lowest BCUT2D eigenvalue weighted by Gasteiger charge is -2.23. The largest absolute Gasteiger partial charge is 0.459 e. The third-order valence-corrected chi connectivity index (χ3v) is 5.18. The fourth-order valence-electron chi connectivity index (χ4n) is 3.45. The third kappa shape index (κ3) is 4.53. The highest BCUT2D eigenvalue weighted by atomic mass is 32.1. The lowest BCUT2D eigenvalue weighted by molar-refractivity contribution is 0.0949. The monoisotopic (exact) mass is 443 g/mol. The Morgan fingerprint density at radius 3 is 2.41 bits per heavy atom. The zero-order valence-corrected chi connectivity index (χ0v) is 18.2. The van der Waals surface area contributed by atoms with Crippen LogP contribution in [0.1, 0.15) is 27.8 Å². The summed E-state index contributed by atoms with van der Waals surface area (Å²) in [5.74, 6) is -0.361. The van der Waals surface area contributed by atoms with Crippen molar-refractivity contribution in [1.29, 1.82) is 0 Å². The van der Waals surface area contributed by atoms with Crippen LogP contribution >= 0.6 is 12.2 Å². The number of thiocarbonyl (C=S) groups is 1. The molecule has 2 amide bonds. The Morgan fingerprint density at radius 2 is 1.69 bits per heavy atom. The highest BCUT2D eigenvalue weighted by Gasteiger charge is 2.18. The van der Waals surface area contributed by atoms with Gasteiger partial charge in [-0.2, -0.15) is 0 Å². The summed E-state index contributed by atoms with van der Waals surface area (Å²) in [4.78, 5) is 27.0. The molecule has 0 aliphatic rings. The van der Waals surface area contributed by atoms with Gasteiger partial charge in [0, 0.05) is 23.2 Å². The van der Waals surface area contributed by atoms with E-state index in [0.717, 1.165) is 16.5 Å². The molecule has 0 fully saturated rings. The molecule has 160 valence electrons. The van der Waals surface area contributed by atoms with Gasteiger partial charge in [-0.05, 0) is 67.0 Å². The SMILES string of the molecule is CCN(C(=O)c1ccc(NC(=S)NC(=O)c2ccco2)cc1)c1cccc2ccccc12. The zero-order chi connectivity index (χ0) is 22.5. The molecule has 0 unspecified atom stereocenters. The van der Waals surface area contributed by atoms with Crippen molar-refractivity contribution < 1.29 is 14.0 Å². The van der Waals surface area contributed by atoms with Gasteiger partial charge in [0.2, 0.25) is 0 Å². The van der Waals surface area contributed by atoms with Crippen molar-refractivity contribution in [3.8, 4) is 0 Å². The van der Waals surface area contributed by atoms with Crippen LogP contribution in [-0.2, 0) is 0 Å². The topological polar surface area (TPSA) is 74.6 Å².